The van der Waals surface area contributed by atoms with Crippen LogP contribution in [-0.4, -0.2) is 0 Å². The van der Waals surface area contributed by atoms with Crippen molar-refractivity contribution in [2.24, 2.45) is 0 Å². The Balaban J connectivity index is 3.34. The van der Waals surface area contributed by atoms with Gasteiger partial charge in [-0.2, -0.15) is 13.2 Å². The second-order valence-electron chi connectivity index (χ2n) is 3.61. The van der Waals surface area contributed by atoms with Crippen LogP contribution in [0.2, 0.25) is 0 Å². The molecule has 0 fully saturated rings. The van der Waals surface area contributed by atoms with Crippen molar-refractivity contribution in [3.63, 3.8) is 0 Å². The molecule has 0 nitrogen and oxygen atoms in total. The predicted octanol–water partition coefficient (Wildman–Crippen LogP) is 4.38. The molecule has 0 spiro atoms. The highest BCUT2D eigenvalue weighted by Gasteiger charge is 2.35. The van der Waals surface area contributed by atoms with E-state index in [4.69, 9.17) is 0 Å². The molecule has 1 aromatic rings. The first-order valence-electron chi connectivity index (χ1n) is 4.74. The van der Waals surface area contributed by atoms with Crippen molar-refractivity contribution in [3.05, 3.63) is 34.9 Å². The monoisotopic (exact) mass is 238 g/mol. The first-order valence-corrected chi connectivity index (χ1v) is 4.74. The summed E-state index contributed by atoms with van der Waals surface area (Å²) in [5, 5.41) is 0. The average Bonchev–Trinajstić information content (AvgIpc) is 2.14. The molecule has 5 heteroatoms. The standard InChI is InChI=1S/C11H11F5/c1-3-7-4-5-8(10(2,12)13)6-9(7)11(14,15)16/h4-6H,3H2,1-2H3. The van der Waals surface area contributed by atoms with Crippen molar-refractivity contribution in [3.8, 4) is 0 Å². The smallest absolute Gasteiger partial charge is 0.202 e. The van der Waals surface area contributed by atoms with E-state index in [0.717, 1.165) is 12.1 Å². The quantitative estimate of drug-likeness (QED) is 0.671. The van der Waals surface area contributed by atoms with Gasteiger partial charge in [-0.1, -0.05) is 19.1 Å². The molecule has 0 N–H and O–H groups in total. The molecule has 0 saturated carbocycles. The van der Waals surface area contributed by atoms with Gasteiger partial charge in [0.1, 0.15) is 0 Å². The third-order valence-electron chi connectivity index (χ3n) is 2.30. The summed E-state index contributed by atoms with van der Waals surface area (Å²) in [5.41, 5.74) is -1.56. The predicted molar refractivity (Wildman–Crippen MR) is 50.4 cm³/mol. The summed E-state index contributed by atoms with van der Waals surface area (Å²) in [6.45, 7) is 2.13. The molecule has 0 atom stereocenters. The summed E-state index contributed by atoms with van der Waals surface area (Å²) in [7, 11) is 0. The fourth-order valence-corrected chi connectivity index (χ4v) is 1.42. The van der Waals surface area contributed by atoms with Crippen molar-refractivity contribution in [1.29, 1.82) is 0 Å². The van der Waals surface area contributed by atoms with Crippen molar-refractivity contribution >= 4 is 0 Å². The van der Waals surface area contributed by atoms with E-state index in [2.05, 4.69) is 0 Å². The van der Waals surface area contributed by atoms with Crippen LogP contribution in [0.1, 0.15) is 30.5 Å². The summed E-state index contributed by atoms with van der Waals surface area (Å²) in [5.74, 6) is -3.26. The second kappa shape index (κ2) is 4.03. The van der Waals surface area contributed by atoms with Gasteiger partial charge < -0.3 is 0 Å². The summed E-state index contributed by atoms with van der Waals surface area (Å²) >= 11 is 0. The minimum atomic E-state index is -4.59. The fraction of sp³-hybridized carbons (Fsp3) is 0.455. The number of alkyl halides is 5. The molecule has 1 rings (SSSR count). The van der Waals surface area contributed by atoms with E-state index < -0.39 is 23.2 Å². The Bertz CT molecular complexity index is 373. The number of halogens is 5. The van der Waals surface area contributed by atoms with Crippen molar-refractivity contribution in [2.75, 3.05) is 0 Å². The van der Waals surface area contributed by atoms with Gasteiger partial charge in [0.25, 0.3) is 5.92 Å². The van der Waals surface area contributed by atoms with Gasteiger partial charge in [-0.3, -0.25) is 0 Å². The zero-order valence-corrected chi connectivity index (χ0v) is 8.83. The molecular weight excluding hydrogens is 227 g/mol. The second-order valence-corrected chi connectivity index (χ2v) is 3.61. The number of hydrogen-bond acceptors (Lipinski definition) is 0. The van der Waals surface area contributed by atoms with Crippen LogP contribution in [0.15, 0.2) is 18.2 Å². The Labute approximate surface area is 90.1 Å². The molecule has 16 heavy (non-hydrogen) atoms. The topological polar surface area (TPSA) is 0 Å². The van der Waals surface area contributed by atoms with E-state index in [-0.39, 0.29) is 12.0 Å². The summed E-state index contributed by atoms with van der Waals surface area (Å²) in [4.78, 5) is 0. The normalized spacial score (nSPS) is 12.9. The van der Waals surface area contributed by atoms with E-state index in [1.807, 2.05) is 0 Å². The van der Waals surface area contributed by atoms with Gasteiger partial charge in [0.05, 0.1) is 5.56 Å². The molecule has 0 unspecified atom stereocenters. The van der Waals surface area contributed by atoms with E-state index in [1.165, 1.54) is 0 Å². The van der Waals surface area contributed by atoms with Gasteiger partial charge in [-0.15, -0.1) is 0 Å². The number of rotatable bonds is 2. The molecule has 0 heterocycles. The molecule has 0 saturated heterocycles. The van der Waals surface area contributed by atoms with Crippen LogP contribution in [0.4, 0.5) is 22.0 Å². The van der Waals surface area contributed by atoms with Crippen LogP contribution < -0.4 is 0 Å². The van der Waals surface area contributed by atoms with Crippen LogP contribution in [-0.2, 0) is 18.5 Å². The Kier molecular flexibility index (Phi) is 3.26. The summed E-state index contributed by atoms with van der Waals surface area (Å²) < 4.78 is 63.5. The third-order valence-corrected chi connectivity index (χ3v) is 2.30. The van der Waals surface area contributed by atoms with Crippen LogP contribution in [0.5, 0.6) is 0 Å². The minimum absolute atomic E-state index is 0.0282. The largest absolute Gasteiger partial charge is 0.416 e. The van der Waals surface area contributed by atoms with Crippen LogP contribution >= 0.6 is 0 Å². The van der Waals surface area contributed by atoms with E-state index in [9.17, 15) is 22.0 Å². The summed E-state index contributed by atoms with van der Waals surface area (Å²) in [6, 6.07) is 2.67. The minimum Gasteiger partial charge on any atom is -0.202 e. The van der Waals surface area contributed by atoms with Gasteiger partial charge in [-0.25, -0.2) is 8.78 Å². The summed E-state index contributed by atoms with van der Waals surface area (Å²) in [6.07, 6.45) is -4.43. The average molecular weight is 238 g/mol. The molecule has 0 bridgehead atoms. The lowest BCUT2D eigenvalue weighted by Gasteiger charge is -2.16. The van der Waals surface area contributed by atoms with Gasteiger partial charge in [0.15, 0.2) is 0 Å². The highest BCUT2D eigenvalue weighted by atomic mass is 19.4. The number of benzene rings is 1. The fourth-order valence-electron chi connectivity index (χ4n) is 1.42. The highest BCUT2D eigenvalue weighted by molar-refractivity contribution is 5.35. The van der Waals surface area contributed by atoms with Gasteiger partial charge >= 0.3 is 6.18 Å². The molecule has 0 aliphatic carbocycles. The first-order chi connectivity index (χ1) is 7.16. The zero-order chi connectivity index (χ0) is 12.6. The molecule has 0 aliphatic heterocycles. The Morgan fingerprint density at radius 3 is 2.00 bits per heavy atom. The van der Waals surface area contributed by atoms with E-state index in [0.29, 0.717) is 13.0 Å². The lowest BCUT2D eigenvalue weighted by Crippen LogP contribution is -2.13. The lowest BCUT2D eigenvalue weighted by atomic mass is 9.99. The van der Waals surface area contributed by atoms with E-state index in [1.54, 1.807) is 6.92 Å². The van der Waals surface area contributed by atoms with Crippen LogP contribution in [0.25, 0.3) is 0 Å². The van der Waals surface area contributed by atoms with Crippen molar-refractivity contribution < 1.29 is 22.0 Å². The van der Waals surface area contributed by atoms with Crippen molar-refractivity contribution in [2.45, 2.75) is 32.4 Å². The van der Waals surface area contributed by atoms with Crippen molar-refractivity contribution in [1.82, 2.24) is 0 Å². The lowest BCUT2D eigenvalue weighted by molar-refractivity contribution is -0.138. The molecule has 0 aromatic heterocycles. The van der Waals surface area contributed by atoms with Gasteiger partial charge in [-0.05, 0) is 18.1 Å². The molecule has 0 aliphatic rings. The van der Waals surface area contributed by atoms with Crippen LogP contribution in [0.3, 0.4) is 0 Å². The Morgan fingerprint density at radius 1 is 1.06 bits per heavy atom. The molecule has 0 radical (unpaired) electrons. The maximum Gasteiger partial charge on any atom is 0.416 e. The highest BCUT2D eigenvalue weighted by Crippen LogP contribution is 2.36. The Morgan fingerprint density at radius 2 is 1.62 bits per heavy atom. The maximum absolute atomic E-state index is 12.9. The number of hydrogen-bond donors (Lipinski definition) is 0. The number of aryl methyl sites for hydroxylation is 1. The van der Waals surface area contributed by atoms with Crippen LogP contribution in [0, 0.1) is 0 Å². The SMILES string of the molecule is CCc1ccc(C(C)(F)F)cc1C(F)(F)F. The van der Waals surface area contributed by atoms with E-state index >= 15 is 0 Å². The van der Waals surface area contributed by atoms with Gasteiger partial charge in [0, 0.05) is 12.5 Å². The molecule has 0 amide bonds. The maximum atomic E-state index is 12.9. The molecule has 90 valence electrons. The molecular formula is C11H11F5. The first kappa shape index (κ1) is 12.9. The Hall–Kier alpha value is -1.13. The third kappa shape index (κ3) is 2.71. The molecule has 1 aromatic carbocycles. The zero-order valence-electron chi connectivity index (χ0n) is 8.83. The van der Waals surface area contributed by atoms with Gasteiger partial charge in [0.2, 0.25) is 0 Å².